The molecule has 0 spiro atoms. The lowest BCUT2D eigenvalue weighted by Crippen LogP contribution is -2.16. The number of anilines is 2. The van der Waals surface area contributed by atoms with Gasteiger partial charge in [0.05, 0.1) is 17.1 Å². The summed E-state index contributed by atoms with van der Waals surface area (Å²) in [4.78, 5) is 12.4. The average molecular weight is 417 g/mol. The molecular formula is C19H24N6OS2. The van der Waals surface area contributed by atoms with Gasteiger partial charge in [-0.1, -0.05) is 54.6 Å². The predicted octanol–water partition coefficient (Wildman–Crippen LogP) is 4.14. The molecule has 0 aliphatic rings. The molecule has 9 heteroatoms. The summed E-state index contributed by atoms with van der Waals surface area (Å²) in [7, 11) is 0. The summed E-state index contributed by atoms with van der Waals surface area (Å²) in [6.07, 6.45) is 0. The molecule has 3 rings (SSSR count). The van der Waals surface area contributed by atoms with Crippen LogP contribution in [0.25, 0.3) is 5.69 Å². The molecule has 2 aromatic heterocycles. The molecule has 0 aliphatic heterocycles. The zero-order valence-corrected chi connectivity index (χ0v) is 18.0. The van der Waals surface area contributed by atoms with Crippen LogP contribution in [0.5, 0.6) is 0 Å². The molecule has 0 radical (unpaired) electrons. The summed E-state index contributed by atoms with van der Waals surface area (Å²) in [5, 5.41) is 19.7. The molecular weight excluding hydrogens is 392 g/mol. The number of carbonyl (C=O) groups excluding carboxylic acids is 1. The standard InChI is InChI=1S/C19H24N6OS2/c1-12(2)10-20-18-22-23-19(28-18)27-11-17(26)21-16-9-14(4)24-25(16)15-7-5-13(3)6-8-15/h5-9,12H,10-11H2,1-4H3,(H,20,22)(H,21,26). The molecule has 0 aliphatic carbocycles. The lowest BCUT2D eigenvalue weighted by Gasteiger charge is -2.08. The molecule has 2 heterocycles. The van der Waals surface area contributed by atoms with E-state index in [1.807, 2.05) is 44.2 Å². The number of benzene rings is 1. The highest BCUT2D eigenvalue weighted by Gasteiger charge is 2.13. The van der Waals surface area contributed by atoms with Crippen LogP contribution >= 0.6 is 23.1 Å². The van der Waals surface area contributed by atoms with Gasteiger partial charge in [-0.15, -0.1) is 10.2 Å². The molecule has 2 N–H and O–H groups in total. The number of carbonyl (C=O) groups is 1. The van der Waals surface area contributed by atoms with Crippen LogP contribution in [0.4, 0.5) is 10.9 Å². The summed E-state index contributed by atoms with van der Waals surface area (Å²) in [5.74, 6) is 1.35. The van der Waals surface area contributed by atoms with E-state index in [0.717, 1.165) is 27.4 Å². The van der Waals surface area contributed by atoms with Crippen molar-refractivity contribution in [2.45, 2.75) is 32.0 Å². The first-order valence-electron chi connectivity index (χ1n) is 9.04. The monoisotopic (exact) mass is 416 g/mol. The van der Waals surface area contributed by atoms with E-state index in [-0.39, 0.29) is 11.7 Å². The predicted molar refractivity (Wildman–Crippen MR) is 116 cm³/mol. The molecule has 148 valence electrons. The van der Waals surface area contributed by atoms with Crippen molar-refractivity contribution >= 4 is 40.0 Å². The van der Waals surface area contributed by atoms with Gasteiger partial charge in [-0.05, 0) is 31.9 Å². The molecule has 1 aromatic carbocycles. The summed E-state index contributed by atoms with van der Waals surface area (Å²) in [6, 6.07) is 9.88. The second kappa shape index (κ2) is 9.20. The van der Waals surface area contributed by atoms with Crippen molar-refractivity contribution < 1.29 is 4.79 Å². The van der Waals surface area contributed by atoms with Crippen LogP contribution in [-0.2, 0) is 4.79 Å². The van der Waals surface area contributed by atoms with Crippen molar-refractivity contribution in [3.05, 3.63) is 41.6 Å². The highest BCUT2D eigenvalue weighted by atomic mass is 32.2. The number of thioether (sulfide) groups is 1. The zero-order chi connectivity index (χ0) is 20.1. The Hall–Kier alpha value is -2.39. The van der Waals surface area contributed by atoms with Gasteiger partial charge in [-0.25, -0.2) is 4.68 Å². The van der Waals surface area contributed by atoms with E-state index >= 15 is 0 Å². The van der Waals surface area contributed by atoms with Gasteiger partial charge in [0.1, 0.15) is 5.82 Å². The van der Waals surface area contributed by atoms with Crippen molar-refractivity contribution in [1.82, 2.24) is 20.0 Å². The topological polar surface area (TPSA) is 84.7 Å². The maximum Gasteiger partial charge on any atom is 0.235 e. The number of aryl methyl sites for hydroxylation is 2. The minimum absolute atomic E-state index is 0.106. The van der Waals surface area contributed by atoms with Gasteiger partial charge in [-0.3, -0.25) is 4.79 Å². The Morgan fingerprint density at radius 2 is 1.96 bits per heavy atom. The van der Waals surface area contributed by atoms with Crippen molar-refractivity contribution in [3.8, 4) is 5.69 Å². The number of nitrogens with one attached hydrogen (secondary N) is 2. The van der Waals surface area contributed by atoms with Crippen molar-refractivity contribution in [1.29, 1.82) is 0 Å². The van der Waals surface area contributed by atoms with Gasteiger partial charge in [-0.2, -0.15) is 5.10 Å². The van der Waals surface area contributed by atoms with Crippen molar-refractivity contribution in [2.75, 3.05) is 22.9 Å². The third kappa shape index (κ3) is 5.56. The van der Waals surface area contributed by atoms with Crippen LogP contribution < -0.4 is 10.6 Å². The van der Waals surface area contributed by atoms with Gasteiger partial charge < -0.3 is 10.6 Å². The molecule has 0 fully saturated rings. The van der Waals surface area contributed by atoms with E-state index in [9.17, 15) is 4.79 Å². The summed E-state index contributed by atoms with van der Waals surface area (Å²) in [5.41, 5.74) is 2.93. The average Bonchev–Trinajstić information content (AvgIpc) is 3.25. The Morgan fingerprint density at radius 1 is 1.21 bits per heavy atom. The molecule has 0 saturated carbocycles. The second-order valence-corrected chi connectivity index (χ2v) is 9.10. The maximum atomic E-state index is 12.4. The molecule has 3 aromatic rings. The van der Waals surface area contributed by atoms with E-state index in [0.29, 0.717) is 11.7 Å². The quantitative estimate of drug-likeness (QED) is 0.537. The second-order valence-electron chi connectivity index (χ2n) is 6.90. The fraction of sp³-hybridized carbons (Fsp3) is 0.368. The first-order valence-corrected chi connectivity index (χ1v) is 10.8. The number of amides is 1. The van der Waals surface area contributed by atoms with E-state index < -0.39 is 0 Å². The zero-order valence-electron chi connectivity index (χ0n) is 16.4. The van der Waals surface area contributed by atoms with E-state index in [2.05, 4.69) is 39.8 Å². The van der Waals surface area contributed by atoms with Crippen LogP contribution in [0.2, 0.25) is 0 Å². The third-order valence-corrected chi connectivity index (χ3v) is 5.79. The van der Waals surface area contributed by atoms with E-state index in [1.165, 1.54) is 28.7 Å². The first kappa shape index (κ1) is 20.3. The fourth-order valence-electron chi connectivity index (χ4n) is 2.41. The molecule has 0 unspecified atom stereocenters. The molecule has 0 atom stereocenters. The summed E-state index contributed by atoms with van der Waals surface area (Å²) < 4.78 is 2.51. The Balaban J connectivity index is 1.59. The summed E-state index contributed by atoms with van der Waals surface area (Å²) >= 11 is 2.84. The lowest BCUT2D eigenvalue weighted by atomic mass is 10.2. The van der Waals surface area contributed by atoms with Gasteiger partial charge in [0.25, 0.3) is 0 Å². The number of hydrogen-bond donors (Lipinski definition) is 2. The van der Waals surface area contributed by atoms with E-state index in [4.69, 9.17) is 0 Å². The first-order chi connectivity index (χ1) is 13.4. The van der Waals surface area contributed by atoms with Crippen LogP contribution in [0.3, 0.4) is 0 Å². The number of rotatable bonds is 8. The highest BCUT2D eigenvalue weighted by Crippen LogP contribution is 2.26. The molecule has 0 bridgehead atoms. The SMILES string of the molecule is Cc1ccc(-n2nc(C)cc2NC(=O)CSc2nnc(NCC(C)C)s2)cc1. The van der Waals surface area contributed by atoms with Crippen LogP contribution in [0.15, 0.2) is 34.7 Å². The van der Waals surface area contributed by atoms with Crippen molar-refractivity contribution in [2.24, 2.45) is 5.92 Å². The van der Waals surface area contributed by atoms with Gasteiger partial charge in [0.15, 0.2) is 4.34 Å². The Labute approximate surface area is 173 Å². The molecule has 1 amide bonds. The lowest BCUT2D eigenvalue weighted by molar-refractivity contribution is -0.113. The number of aromatic nitrogens is 4. The molecule has 0 saturated heterocycles. The normalized spacial score (nSPS) is 11.0. The van der Waals surface area contributed by atoms with Crippen LogP contribution in [-0.4, -0.2) is 38.2 Å². The number of nitrogens with zero attached hydrogens (tertiary/aromatic N) is 4. The minimum Gasteiger partial charge on any atom is -0.360 e. The largest absolute Gasteiger partial charge is 0.360 e. The van der Waals surface area contributed by atoms with Gasteiger partial charge in [0.2, 0.25) is 11.0 Å². The Bertz CT molecular complexity index is 932. The fourth-order valence-corrected chi connectivity index (χ4v) is 3.97. The maximum absolute atomic E-state index is 12.4. The van der Waals surface area contributed by atoms with Crippen LogP contribution in [0.1, 0.15) is 25.1 Å². The number of hydrogen-bond acceptors (Lipinski definition) is 7. The smallest absolute Gasteiger partial charge is 0.235 e. The van der Waals surface area contributed by atoms with Crippen molar-refractivity contribution in [3.63, 3.8) is 0 Å². The third-order valence-electron chi connectivity index (χ3n) is 3.77. The van der Waals surface area contributed by atoms with Crippen LogP contribution in [0, 0.1) is 19.8 Å². The summed E-state index contributed by atoms with van der Waals surface area (Å²) in [6.45, 7) is 9.06. The Morgan fingerprint density at radius 3 is 2.68 bits per heavy atom. The van der Waals surface area contributed by atoms with Gasteiger partial charge in [0, 0.05) is 12.6 Å². The Kier molecular flexibility index (Phi) is 6.69. The molecule has 7 nitrogen and oxygen atoms in total. The highest BCUT2D eigenvalue weighted by molar-refractivity contribution is 8.01. The van der Waals surface area contributed by atoms with Gasteiger partial charge >= 0.3 is 0 Å². The minimum atomic E-state index is -0.106. The van der Waals surface area contributed by atoms with E-state index in [1.54, 1.807) is 4.68 Å². The molecule has 28 heavy (non-hydrogen) atoms.